The van der Waals surface area contributed by atoms with Crippen molar-refractivity contribution in [2.75, 3.05) is 7.11 Å². The van der Waals surface area contributed by atoms with Gasteiger partial charge in [-0.05, 0) is 54.4 Å². The van der Waals surface area contributed by atoms with Gasteiger partial charge in [-0.1, -0.05) is 29.3 Å². The Morgan fingerprint density at radius 1 is 1.15 bits per heavy atom. The van der Waals surface area contributed by atoms with Gasteiger partial charge in [0, 0.05) is 0 Å². The number of methoxy groups -OCH3 is 1. The van der Waals surface area contributed by atoms with Crippen LogP contribution in [-0.4, -0.2) is 33.9 Å². The molecule has 0 aliphatic carbocycles. The van der Waals surface area contributed by atoms with Gasteiger partial charge in [0.1, 0.15) is 23.0 Å². The third kappa shape index (κ3) is 4.05. The quantitative estimate of drug-likeness (QED) is 0.290. The van der Waals surface area contributed by atoms with Crippen LogP contribution in [0.5, 0.6) is 11.5 Å². The van der Waals surface area contributed by atoms with Gasteiger partial charge in [0.2, 0.25) is 0 Å². The van der Waals surface area contributed by atoms with E-state index in [2.05, 4.69) is 0 Å². The molecular weight excluding hydrogens is 469 g/mol. The van der Waals surface area contributed by atoms with E-state index in [1.54, 1.807) is 31.2 Å². The largest absolute Gasteiger partial charge is 0.507 e. The summed E-state index contributed by atoms with van der Waals surface area (Å²) in [6.07, 6.45) is 1.46. The summed E-state index contributed by atoms with van der Waals surface area (Å²) in [5.41, 5.74) is 1.15. The second-order valence-corrected chi connectivity index (χ2v) is 8.36. The summed E-state index contributed by atoms with van der Waals surface area (Å²) in [6, 6.07) is 9.93. The average molecular weight is 488 g/mol. The van der Waals surface area contributed by atoms with E-state index in [4.69, 9.17) is 32.4 Å². The summed E-state index contributed by atoms with van der Waals surface area (Å²) in [6.45, 7) is 1.75. The lowest BCUT2D eigenvalue weighted by molar-refractivity contribution is -0.140. The smallest absolute Gasteiger partial charge is 0.296 e. The van der Waals surface area contributed by atoms with Crippen molar-refractivity contribution >= 4 is 40.7 Å². The number of amides is 1. The number of nitrogens with zero attached hydrogens (tertiary/aromatic N) is 1. The van der Waals surface area contributed by atoms with Crippen molar-refractivity contribution in [2.24, 2.45) is 0 Å². The van der Waals surface area contributed by atoms with Gasteiger partial charge in [-0.3, -0.25) is 9.59 Å². The fraction of sp³-hybridized carbons (Fsp3) is 0.167. The van der Waals surface area contributed by atoms with Gasteiger partial charge in [0.15, 0.2) is 0 Å². The van der Waals surface area contributed by atoms with E-state index in [0.29, 0.717) is 11.3 Å². The van der Waals surface area contributed by atoms with E-state index < -0.39 is 23.5 Å². The number of likely N-dealkylation sites (tertiary alicyclic amines) is 1. The Balaban J connectivity index is 1.96. The molecule has 0 radical (unpaired) electrons. The lowest BCUT2D eigenvalue weighted by Gasteiger charge is -2.25. The molecule has 1 atom stereocenters. The van der Waals surface area contributed by atoms with Crippen LogP contribution < -0.4 is 4.74 Å². The Hall–Kier alpha value is -3.42. The summed E-state index contributed by atoms with van der Waals surface area (Å²) in [5.74, 6) is -1.68. The molecule has 1 fully saturated rings. The molecule has 33 heavy (non-hydrogen) atoms. The lowest BCUT2D eigenvalue weighted by Crippen LogP contribution is -2.29. The van der Waals surface area contributed by atoms with Crippen LogP contribution in [0.2, 0.25) is 10.0 Å². The van der Waals surface area contributed by atoms with E-state index in [9.17, 15) is 19.8 Å². The zero-order valence-electron chi connectivity index (χ0n) is 17.6. The van der Waals surface area contributed by atoms with E-state index in [1.165, 1.54) is 36.5 Å². The van der Waals surface area contributed by atoms with Gasteiger partial charge in [-0.15, -0.1) is 0 Å². The molecule has 7 nitrogen and oxygen atoms in total. The van der Waals surface area contributed by atoms with Crippen LogP contribution in [0.3, 0.4) is 0 Å². The molecule has 170 valence electrons. The number of hydrogen-bond acceptors (Lipinski definition) is 6. The first kappa shape index (κ1) is 22.8. The molecule has 2 heterocycles. The number of aromatic hydroxyl groups is 1. The van der Waals surface area contributed by atoms with Gasteiger partial charge in [0.25, 0.3) is 11.7 Å². The fourth-order valence-electron chi connectivity index (χ4n) is 3.91. The van der Waals surface area contributed by atoms with Crippen molar-refractivity contribution in [1.29, 1.82) is 0 Å². The Kier molecular flexibility index (Phi) is 6.10. The standard InChI is InChI=1S/C24H19Cl2NO6/c1-12-8-15(23(32-2)17(26)9-12)21(29)19-20(13-5-6-18(28)16(25)10-13)27(24(31)22(19)30)11-14-4-3-7-33-14/h3-10,20,28-29H,11H2,1-2H3/b21-19+. The Morgan fingerprint density at radius 3 is 2.55 bits per heavy atom. The first-order valence-corrected chi connectivity index (χ1v) is 10.6. The Labute approximate surface area is 199 Å². The highest BCUT2D eigenvalue weighted by atomic mass is 35.5. The number of ketones is 1. The molecule has 0 spiro atoms. The molecule has 1 aromatic heterocycles. The molecule has 1 aliphatic heterocycles. The van der Waals surface area contributed by atoms with Gasteiger partial charge in [-0.25, -0.2) is 0 Å². The second-order valence-electron chi connectivity index (χ2n) is 7.54. The average Bonchev–Trinajstić information content (AvgIpc) is 3.37. The fourth-order valence-corrected chi connectivity index (χ4v) is 4.45. The first-order valence-electron chi connectivity index (χ1n) is 9.86. The van der Waals surface area contributed by atoms with Gasteiger partial charge < -0.3 is 24.3 Å². The maximum absolute atomic E-state index is 13.2. The van der Waals surface area contributed by atoms with Crippen LogP contribution in [-0.2, 0) is 16.1 Å². The van der Waals surface area contributed by atoms with Crippen molar-refractivity contribution in [3.63, 3.8) is 0 Å². The van der Waals surface area contributed by atoms with Crippen molar-refractivity contribution in [1.82, 2.24) is 4.90 Å². The summed E-state index contributed by atoms with van der Waals surface area (Å²) in [7, 11) is 1.39. The molecule has 0 bridgehead atoms. The molecule has 9 heteroatoms. The predicted molar refractivity (Wildman–Crippen MR) is 122 cm³/mol. The number of rotatable bonds is 5. The highest BCUT2D eigenvalue weighted by molar-refractivity contribution is 6.46. The number of carbonyl (C=O) groups is 2. The number of benzene rings is 2. The van der Waals surface area contributed by atoms with Crippen LogP contribution in [0, 0.1) is 6.92 Å². The van der Waals surface area contributed by atoms with Gasteiger partial charge >= 0.3 is 0 Å². The van der Waals surface area contributed by atoms with E-state index in [1.807, 2.05) is 0 Å². The third-order valence-corrected chi connectivity index (χ3v) is 5.96. The molecule has 3 aromatic rings. The monoisotopic (exact) mass is 487 g/mol. The number of ether oxygens (including phenoxy) is 1. The molecule has 2 aromatic carbocycles. The summed E-state index contributed by atoms with van der Waals surface area (Å²) in [4.78, 5) is 27.5. The van der Waals surface area contributed by atoms with Gasteiger partial charge in [0.05, 0.1) is 47.1 Å². The van der Waals surface area contributed by atoms with Crippen molar-refractivity contribution in [3.8, 4) is 11.5 Å². The summed E-state index contributed by atoms with van der Waals surface area (Å²) < 4.78 is 10.7. The SMILES string of the molecule is COc1c(Cl)cc(C)cc1/C(O)=C1\C(=O)C(=O)N(Cc2ccco2)C1c1ccc(O)c(Cl)c1. The minimum absolute atomic E-state index is 0.0246. The molecular formula is C24H19Cl2NO6. The van der Waals surface area contributed by atoms with Crippen molar-refractivity contribution in [2.45, 2.75) is 19.5 Å². The number of aliphatic hydroxyl groups excluding tert-OH is 1. The Bertz CT molecular complexity index is 1280. The molecule has 1 aliphatic rings. The second kappa shape index (κ2) is 8.84. The number of Topliss-reactive ketones (excluding diaryl/α,β-unsaturated/α-hetero) is 1. The van der Waals surface area contributed by atoms with Crippen molar-refractivity contribution < 1.29 is 29.0 Å². The number of phenols is 1. The molecule has 1 unspecified atom stereocenters. The Morgan fingerprint density at radius 2 is 1.91 bits per heavy atom. The van der Waals surface area contributed by atoms with Gasteiger partial charge in [-0.2, -0.15) is 0 Å². The van der Waals surface area contributed by atoms with Crippen molar-refractivity contribution in [3.05, 3.63) is 86.8 Å². The summed E-state index contributed by atoms with van der Waals surface area (Å²) in [5, 5.41) is 21.4. The number of hydrogen-bond donors (Lipinski definition) is 2. The molecule has 0 saturated carbocycles. The highest BCUT2D eigenvalue weighted by Gasteiger charge is 2.46. The predicted octanol–water partition coefficient (Wildman–Crippen LogP) is 5.23. The van der Waals surface area contributed by atoms with Crippen LogP contribution in [0.25, 0.3) is 5.76 Å². The minimum atomic E-state index is -1.00. The zero-order chi connectivity index (χ0) is 23.9. The van der Waals surface area contributed by atoms with E-state index in [0.717, 1.165) is 5.56 Å². The molecule has 2 N–H and O–H groups in total. The van der Waals surface area contributed by atoms with Crippen LogP contribution in [0.4, 0.5) is 0 Å². The minimum Gasteiger partial charge on any atom is -0.507 e. The normalized spacial score (nSPS) is 17.6. The van der Waals surface area contributed by atoms with E-state index in [-0.39, 0.29) is 39.2 Å². The van der Waals surface area contributed by atoms with Crippen LogP contribution in [0.1, 0.15) is 28.5 Å². The lowest BCUT2D eigenvalue weighted by atomic mass is 9.94. The number of aliphatic hydroxyl groups is 1. The van der Waals surface area contributed by atoms with Crippen LogP contribution in [0.15, 0.2) is 58.7 Å². The number of phenolic OH excluding ortho intramolecular Hbond substituents is 1. The summed E-state index contributed by atoms with van der Waals surface area (Å²) >= 11 is 12.4. The number of halogens is 2. The number of furan rings is 1. The molecule has 1 saturated heterocycles. The van der Waals surface area contributed by atoms with E-state index >= 15 is 0 Å². The number of carbonyl (C=O) groups excluding carboxylic acids is 2. The number of aryl methyl sites for hydroxylation is 1. The zero-order valence-corrected chi connectivity index (χ0v) is 19.1. The van der Waals surface area contributed by atoms with Crippen LogP contribution >= 0.6 is 23.2 Å². The maximum Gasteiger partial charge on any atom is 0.296 e. The topological polar surface area (TPSA) is 100 Å². The third-order valence-electron chi connectivity index (χ3n) is 5.38. The maximum atomic E-state index is 13.2. The highest BCUT2D eigenvalue weighted by Crippen LogP contribution is 2.44. The molecule has 1 amide bonds. The molecule has 4 rings (SSSR count). The first-order chi connectivity index (χ1) is 15.7.